The Labute approximate surface area is 110 Å². The Bertz CT molecular complexity index is 598. The van der Waals surface area contributed by atoms with Gasteiger partial charge in [0.1, 0.15) is 6.54 Å². The number of fused-ring (bicyclic) bond motifs is 1. The summed E-state index contributed by atoms with van der Waals surface area (Å²) in [4.78, 5) is 13.7. The summed E-state index contributed by atoms with van der Waals surface area (Å²) in [5.41, 5.74) is 2.59. The maximum Gasteiger partial charge on any atom is 0.244 e. The predicted molar refractivity (Wildman–Crippen MR) is 73.5 cm³/mol. The monoisotopic (exact) mass is 258 g/mol. The molecule has 2 aromatic carbocycles. The highest BCUT2D eigenvalue weighted by atomic mass is 35.5. The summed E-state index contributed by atoms with van der Waals surface area (Å²) in [6.45, 7) is 0.303. The molecule has 0 unspecified atom stereocenters. The van der Waals surface area contributed by atoms with Gasteiger partial charge in [0.05, 0.1) is 16.4 Å². The second kappa shape index (κ2) is 4.35. The standard InChI is InChI=1S/C14H11ClN2O/c15-11-7-4-8-12-14(11)16-13(18)9-17(12)10-5-2-1-3-6-10/h1-8H,9H2,(H,16,18). The number of nitrogens with one attached hydrogen (secondary N) is 1. The molecule has 0 fully saturated rings. The van der Waals surface area contributed by atoms with Crippen molar-refractivity contribution in [2.24, 2.45) is 0 Å². The average molecular weight is 259 g/mol. The lowest BCUT2D eigenvalue weighted by Crippen LogP contribution is -2.35. The van der Waals surface area contributed by atoms with Crippen LogP contribution in [-0.2, 0) is 4.79 Å². The minimum absolute atomic E-state index is 0.0561. The van der Waals surface area contributed by atoms with Crippen molar-refractivity contribution < 1.29 is 4.79 Å². The van der Waals surface area contributed by atoms with Crippen molar-refractivity contribution in [1.29, 1.82) is 0 Å². The van der Waals surface area contributed by atoms with Crippen molar-refractivity contribution in [1.82, 2.24) is 0 Å². The zero-order valence-corrected chi connectivity index (χ0v) is 10.3. The fourth-order valence-electron chi connectivity index (χ4n) is 2.11. The van der Waals surface area contributed by atoms with Gasteiger partial charge in [-0.05, 0) is 24.3 Å². The lowest BCUT2D eigenvalue weighted by molar-refractivity contribution is -0.115. The molecule has 3 rings (SSSR count). The third kappa shape index (κ3) is 1.83. The van der Waals surface area contributed by atoms with E-state index in [2.05, 4.69) is 5.32 Å². The molecule has 0 atom stereocenters. The van der Waals surface area contributed by atoms with Crippen molar-refractivity contribution in [2.75, 3.05) is 16.8 Å². The highest BCUT2D eigenvalue weighted by Gasteiger charge is 2.24. The van der Waals surface area contributed by atoms with Gasteiger partial charge in [-0.15, -0.1) is 0 Å². The molecule has 0 spiro atoms. The van der Waals surface area contributed by atoms with E-state index in [0.717, 1.165) is 11.4 Å². The maximum atomic E-state index is 11.8. The minimum atomic E-state index is -0.0561. The number of hydrogen-bond acceptors (Lipinski definition) is 2. The number of rotatable bonds is 1. The van der Waals surface area contributed by atoms with E-state index in [9.17, 15) is 4.79 Å². The molecule has 3 nitrogen and oxygen atoms in total. The van der Waals surface area contributed by atoms with Crippen LogP contribution in [0.25, 0.3) is 0 Å². The van der Waals surface area contributed by atoms with E-state index in [1.807, 2.05) is 47.4 Å². The van der Waals surface area contributed by atoms with Crippen molar-refractivity contribution in [2.45, 2.75) is 0 Å². The minimum Gasteiger partial charge on any atom is -0.330 e. The van der Waals surface area contributed by atoms with Crippen molar-refractivity contribution in [3.8, 4) is 0 Å². The molecular formula is C14H11ClN2O. The average Bonchev–Trinajstić information content (AvgIpc) is 2.40. The van der Waals surface area contributed by atoms with Gasteiger partial charge in [0, 0.05) is 5.69 Å². The molecule has 0 aliphatic carbocycles. The van der Waals surface area contributed by atoms with Crippen LogP contribution in [0.4, 0.5) is 17.1 Å². The first-order valence-corrected chi connectivity index (χ1v) is 6.04. The molecule has 2 aromatic rings. The van der Waals surface area contributed by atoms with Crippen LogP contribution in [0, 0.1) is 0 Å². The van der Waals surface area contributed by atoms with Crippen molar-refractivity contribution >= 4 is 34.6 Å². The summed E-state index contributed by atoms with van der Waals surface area (Å²) < 4.78 is 0. The molecule has 90 valence electrons. The largest absolute Gasteiger partial charge is 0.330 e. The van der Waals surface area contributed by atoms with Gasteiger partial charge < -0.3 is 10.2 Å². The van der Waals surface area contributed by atoms with Crippen molar-refractivity contribution in [3.05, 3.63) is 53.6 Å². The van der Waals surface area contributed by atoms with Gasteiger partial charge in [-0.25, -0.2) is 0 Å². The third-order valence-electron chi connectivity index (χ3n) is 2.92. The molecule has 4 heteroatoms. The summed E-state index contributed by atoms with van der Waals surface area (Å²) in [5, 5.41) is 3.37. The normalized spacial score (nSPS) is 14.1. The Morgan fingerprint density at radius 3 is 2.61 bits per heavy atom. The topological polar surface area (TPSA) is 32.3 Å². The van der Waals surface area contributed by atoms with Gasteiger partial charge in [0.2, 0.25) is 5.91 Å². The Morgan fingerprint density at radius 1 is 1.06 bits per heavy atom. The lowest BCUT2D eigenvalue weighted by atomic mass is 10.1. The van der Waals surface area contributed by atoms with Crippen LogP contribution in [0.1, 0.15) is 0 Å². The van der Waals surface area contributed by atoms with Gasteiger partial charge in [-0.2, -0.15) is 0 Å². The Hall–Kier alpha value is -2.00. The summed E-state index contributed by atoms with van der Waals surface area (Å²) in [6, 6.07) is 15.4. The van der Waals surface area contributed by atoms with Crippen LogP contribution in [0.2, 0.25) is 5.02 Å². The van der Waals surface area contributed by atoms with E-state index in [4.69, 9.17) is 11.6 Å². The number of carbonyl (C=O) groups excluding carboxylic acids is 1. The second-order valence-electron chi connectivity index (χ2n) is 4.10. The Morgan fingerprint density at radius 2 is 1.83 bits per heavy atom. The number of nitrogens with zero attached hydrogens (tertiary/aromatic N) is 1. The first-order valence-electron chi connectivity index (χ1n) is 5.66. The molecule has 1 aliphatic rings. The molecule has 1 N–H and O–H groups in total. The van der Waals surface area contributed by atoms with Crippen molar-refractivity contribution in [3.63, 3.8) is 0 Å². The fourth-order valence-corrected chi connectivity index (χ4v) is 2.32. The number of benzene rings is 2. The zero-order valence-electron chi connectivity index (χ0n) is 9.56. The first kappa shape index (κ1) is 11.1. The molecule has 0 radical (unpaired) electrons. The van der Waals surface area contributed by atoms with E-state index >= 15 is 0 Å². The number of hydrogen-bond donors (Lipinski definition) is 1. The van der Waals surface area contributed by atoms with Gasteiger partial charge >= 0.3 is 0 Å². The zero-order chi connectivity index (χ0) is 12.5. The van der Waals surface area contributed by atoms with Crippen LogP contribution in [0.3, 0.4) is 0 Å². The Balaban J connectivity index is 2.14. The van der Waals surface area contributed by atoms with Crippen LogP contribution >= 0.6 is 11.6 Å². The van der Waals surface area contributed by atoms with E-state index in [-0.39, 0.29) is 5.91 Å². The van der Waals surface area contributed by atoms with E-state index in [1.54, 1.807) is 6.07 Å². The van der Waals surface area contributed by atoms with Gasteiger partial charge in [-0.3, -0.25) is 4.79 Å². The summed E-state index contributed by atoms with van der Waals surface area (Å²) in [7, 11) is 0. The number of para-hydroxylation sites is 2. The molecule has 1 heterocycles. The van der Waals surface area contributed by atoms with Crippen LogP contribution in [0.15, 0.2) is 48.5 Å². The Kier molecular flexibility index (Phi) is 2.68. The number of carbonyl (C=O) groups is 1. The molecular weight excluding hydrogens is 248 g/mol. The van der Waals surface area contributed by atoms with E-state index in [1.165, 1.54) is 0 Å². The molecule has 0 aromatic heterocycles. The molecule has 0 saturated heterocycles. The van der Waals surface area contributed by atoms with Gasteiger partial charge in [0.25, 0.3) is 0 Å². The number of halogens is 1. The van der Waals surface area contributed by atoms with E-state index < -0.39 is 0 Å². The highest BCUT2D eigenvalue weighted by molar-refractivity contribution is 6.35. The van der Waals surface area contributed by atoms with Crippen LogP contribution in [0.5, 0.6) is 0 Å². The molecule has 18 heavy (non-hydrogen) atoms. The summed E-state index contributed by atoms with van der Waals surface area (Å²) in [6.07, 6.45) is 0. The van der Waals surface area contributed by atoms with E-state index in [0.29, 0.717) is 17.3 Å². The van der Waals surface area contributed by atoms with Gasteiger partial charge in [0.15, 0.2) is 0 Å². The fraction of sp³-hybridized carbons (Fsp3) is 0.0714. The predicted octanol–water partition coefficient (Wildman–Crippen LogP) is 3.43. The maximum absolute atomic E-state index is 11.8. The quantitative estimate of drug-likeness (QED) is 0.850. The summed E-state index contributed by atoms with van der Waals surface area (Å²) >= 11 is 6.12. The molecule has 1 aliphatic heterocycles. The molecule has 0 saturated carbocycles. The second-order valence-corrected chi connectivity index (χ2v) is 4.51. The van der Waals surface area contributed by atoms with Crippen LogP contribution < -0.4 is 10.2 Å². The molecule has 1 amide bonds. The highest BCUT2D eigenvalue weighted by Crippen LogP contribution is 2.39. The third-order valence-corrected chi connectivity index (χ3v) is 3.23. The molecule has 0 bridgehead atoms. The lowest BCUT2D eigenvalue weighted by Gasteiger charge is -2.31. The first-order chi connectivity index (χ1) is 8.75. The van der Waals surface area contributed by atoms with Gasteiger partial charge in [-0.1, -0.05) is 35.9 Å². The SMILES string of the molecule is O=C1CN(c2ccccc2)c2cccc(Cl)c2N1. The smallest absolute Gasteiger partial charge is 0.244 e. The summed E-state index contributed by atoms with van der Waals surface area (Å²) in [5.74, 6) is -0.0561. The van der Waals surface area contributed by atoms with Crippen LogP contribution in [-0.4, -0.2) is 12.5 Å². The number of amides is 1. The number of anilines is 3.